The van der Waals surface area contributed by atoms with E-state index in [1.54, 1.807) is 6.20 Å². The Morgan fingerprint density at radius 2 is 2.00 bits per heavy atom. The second-order valence-electron chi connectivity index (χ2n) is 5.96. The Bertz CT molecular complexity index is 983. The molecule has 27 heavy (non-hydrogen) atoms. The smallest absolute Gasteiger partial charge is 0.289 e. The van der Waals surface area contributed by atoms with Crippen molar-refractivity contribution < 1.29 is 14.1 Å². The largest absolute Gasteiger partial charge is 0.441 e. The molecule has 1 aromatic heterocycles. The van der Waals surface area contributed by atoms with E-state index in [1.807, 2.05) is 31.2 Å². The molecule has 3 aromatic rings. The van der Waals surface area contributed by atoms with Crippen LogP contribution in [0.1, 0.15) is 17.9 Å². The van der Waals surface area contributed by atoms with Gasteiger partial charge in [-0.15, -0.1) is 0 Å². The van der Waals surface area contributed by atoms with E-state index in [9.17, 15) is 14.9 Å². The number of nitrogens with one attached hydrogen (secondary N) is 1. The minimum Gasteiger partial charge on any atom is -0.441 e. The van der Waals surface area contributed by atoms with E-state index < -0.39 is 4.92 Å². The average molecular weight is 386 g/mol. The maximum absolute atomic E-state index is 12.1. The summed E-state index contributed by atoms with van der Waals surface area (Å²) in [5.41, 5.74) is 2.11. The molecule has 0 unspecified atom stereocenters. The molecule has 138 valence electrons. The second-order valence-corrected chi connectivity index (χ2v) is 6.36. The van der Waals surface area contributed by atoms with E-state index in [4.69, 9.17) is 16.0 Å². The summed E-state index contributed by atoms with van der Waals surface area (Å²) in [6.07, 6.45) is 2.07. The van der Waals surface area contributed by atoms with Crippen molar-refractivity contribution in [3.8, 4) is 11.3 Å². The van der Waals surface area contributed by atoms with Crippen molar-refractivity contribution in [2.24, 2.45) is 0 Å². The minimum absolute atomic E-state index is 0.0152. The van der Waals surface area contributed by atoms with Crippen LogP contribution in [-0.2, 0) is 11.2 Å². The number of aryl methyl sites for hydroxylation is 2. The highest BCUT2D eigenvalue weighted by molar-refractivity contribution is 6.32. The first-order valence-corrected chi connectivity index (χ1v) is 8.56. The van der Waals surface area contributed by atoms with E-state index in [0.717, 1.165) is 11.1 Å². The van der Waals surface area contributed by atoms with Crippen molar-refractivity contribution in [3.05, 3.63) is 75.3 Å². The summed E-state index contributed by atoms with van der Waals surface area (Å²) < 4.78 is 5.68. The standard InChI is InChI=1S/C19H16ClN3O4/c1-12-2-4-13(5-3-12)17-11-21-19(27-17)9-8-18(24)22-14-6-7-15(20)16(10-14)23(25)26/h2-7,10-11H,8-9H2,1H3,(H,22,24). The van der Waals surface area contributed by atoms with Gasteiger partial charge < -0.3 is 9.73 Å². The number of oxazole rings is 1. The molecule has 3 rings (SSSR count). The SMILES string of the molecule is Cc1ccc(-c2cnc(CCC(=O)Nc3ccc(Cl)c([N+](=O)[O-])c3)o2)cc1. The lowest BCUT2D eigenvalue weighted by atomic mass is 10.1. The number of nitrogens with zero attached hydrogens (tertiary/aromatic N) is 2. The zero-order valence-corrected chi connectivity index (χ0v) is 15.2. The molecule has 7 nitrogen and oxygen atoms in total. The van der Waals surface area contributed by atoms with Crippen LogP contribution in [0.15, 0.2) is 53.1 Å². The molecule has 8 heteroatoms. The number of carbonyl (C=O) groups excluding carboxylic acids is 1. The highest BCUT2D eigenvalue weighted by Crippen LogP contribution is 2.27. The van der Waals surface area contributed by atoms with E-state index in [0.29, 0.717) is 23.8 Å². The lowest BCUT2D eigenvalue weighted by molar-refractivity contribution is -0.384. The number of nitro benzene ring substituents is 1. The first-order chi connectivity index (χ1) is 12.9. The van der Waals surface area contributed by atoms with E-state index in [-0.39, 0.29) is 23.0 Å². The van der Waals surface area contributed by atoms with Crippen LogP contribution < -0.4 is 5.32 Å². The highest BCUT2D eigenvalue weighted by Gasteiger charge is 2.14. The number of nitro groups is 1. The molecule has 0 saturated carbocycles. The number of anilines is 1. The summed E-state index contributed by atoms with van der Waals surface area (Å²) in [7, 11) is 0. The molecule has 1 amide bonds. The quantitative estimate of drug-likeness (QED) is 0.486. The second kappa shape index (κ2) is 8.01. The molecule has 1 heterocycles. The summed E-state index contributed by atoms with van der Waals surface area (Å²) in [5.74, 6) is 0.781. The Labute approximate surface area is 160 Å². The van der Waals surface area contributed by atoms with Gasteiger partial charge in [-0.2, -0.15) is 0 Å². The van der Waals surface area contributed by atoms with Crippen molar-refractivity contribution >= 4 is 28.9 Å². The Morgan fingerprint density at radius 3 is 2.70 bits per heavy atom. The highest BCUT2D eigenvalue weighted by atomic mass is 35.5. The molecule has 0 spiro atoms. The van der Waals surface area contributed by atoms with E-state index >= 15 is 0 Å². The zero-order chi connectivity index (χ0) is 19.4. The molecule has 1 N–H and O–H groups in total. The molecule has 0 fully saturated rings. The zero-order valence-electron chi connectivity index (χ0n) is 14.4. The van der Waals surface area contributed by atoms with E-state index in [1.165, 1.54) is 18.2 Å². The fraction of sp³-hybridized carbons (Fsp3) is 0.158. The van der Waals surface area contributed by atoms with Crippen molar-refractivity contribution in [1.29, 1.82) is 0 Å². The third-order valence-corrected chi connectivity index (χ3v) is 4.20. The van der Waals surface area contributed by atoms with Crippen LogP contribution >= 0.6 is 11.6 Å². The van der Waals surface area contributed by atoms with Gasteiger partial charge >= 0.3 is 0 Å². The van der Waals surface area contributed by atoms with E-state index in [2.05, 4.69) is 10.3 Å². The van der Waals surface area contributed by atoms with Crippen molar-refractivity contribution in [1.82, 2.24) is 4.98 Å². The number of rotatable bonds is 6. The van der Waals surface area contributed by atoms with Crippen LogP contribution in [0, 0.1) is 17.0 Å². The monoisotopic (exact) mass is 385 g/mol. The third-order valence-electron chi connectivity index (χ3n) is 3.88. The fourth-order valence-electron chi connectivity index (χ4n) is 2.45. The van der Waals surface area contributed by atoms with Crippen molar-refractivity contribution in [2.45, 2.75) is 19.8 Å². The van der Waals surface area contributed by atoms with Gasteiger partial charge in [0.05, 0.1) is 11.1 Å². The summed E-state index contributed by atoms with van der Waals surface area (Å²) >= 11 is 5.76. The number of carbonyl (C=O) groups is 1. The number of hydrogen-bond acceptors (Lipinski definition) is 5. The molecule has 0 atom stereocenters. The van der Waals surface area contributed by atoms with Crippen LogP contribution in [0.25, 0.3) is 11.3 Å². The number of amides is 1. The molecule has 0 aliphatic rings. The predicted molar refractivity (Wildman–Crippen MR) is 102 cm³/mol. The summed E-state index contributed by atoms with van der Waals surface area (Å²) in [4.78, 5) is 26.6. The Kier molecular flexibility index (Phi) is 5.52. The van der Waals surface area contributed by atoms with Gasteiger partial charge in [0.15, 0.2) is 11.7 Å². The van der Waals surface area contributed by atoms with Gasteiger partial charge in [0, 0.05) is 30.2 Å². The summed E-state index contributed by atoms with van der Waals surface area (Å²) in [5, 5.41) is 13.5. The normalized spacial score (nSPS) is 10.6. The average Bonchev–Trinajstić information content (AvgIpc) is 3.11. The molecule has 0 radical (unpaired) electrons. The Morgan fingerprint density at radius 1 is 1.26 bits per heavy atom. The Balaban J connectivity index is 1.59. The van der Waals surface area contributed by atoms with Gasteiger partial charge in [0.25, 0.3) is 5.69 Å². The fourth-order valence-corrected chi connectivity index (χ4v) is 2.64. The predicted octanol–water partition coefficient (Wildman–Crippen LogP) is 4.78. The van der Waals surface area contributed by atoms with Gasteiger partial charge in [-0.25, -0.2) is 4.98 Å². The topological polar surface area (TPSA) is 98.3 Å². The summed E-state index contributed by atoms with van der Waals surface area (Å²) in [6.45, 7) is 2.00. The molecular weight excluding hydrogens is 370 g/mol. The number of benzene rings is 2. The molecule has 2 aromatic carbocycles. The molecule has 0 saturated heterocycles. The number of hydrogen-bond donors (Lipinski definition) is 1. The maximum atomic E-state index is 12.1. The lowest BCUT2D eigenvalue weighted by Gasteiger charge is -2.05. The Hall–Kier alpha value is -3.19. The van der Waals surface area contributed by atoms with Crippen LogP contribution in [0.3, 0.4) is 0 Å². The maximum Gasteiger partial charge on any atom is 0.289 e. The van der Waals surface area contributed by atoms with Gasteiger partial charge in [0.1, 0.15) is 5.02 Å². The molecular formula is C19H16ClN3O4. The van der Waals surface area contributed by atoms with Crippen LogP contribution in [0.5, 0.6) is 0 Å². The van der Waals surface area contributed by atoms with Crippen LogP contribution in [0.4, 0.5) is 11.4 Å². The number of aromatic nitrogens is 1. The first kappa shape index (κ1) is 18.6. The minimum atomic E-state index is -0.600. The van der Waals surface area contributed by atoms with Crippen LogP contribution in [0.2, 0.25) is 5.02 Å². The van der Waals surface area contributed by atoms with Crippen molar-refractivity contribution in [2.75, 3.05) is 5.32 Å². The molecule has 0 aliphatic heterocycles. The van der Waals surface area contributed by atoms with Crippen LogP contribution in [-0.4, -0.2) is 15.8 Å². The van der Waals surface area contributed by atoms with Crippen molar-refractivity contribution in [3.63, 3.8) is 0 Å². The summed E-state index contributed by atoms with van der Waals surface area (Å²) in [6, 6.07) is 12.0. The molecule has 0 aliphatic carbocycles. The van der Waals surface area contributed by atoms with Gasteiger partial charge in [-0.1, -0.05) is 41.4 Å². The number of halogens is 1. The van der Waals surface area contributed by atoms with Gasteiger partial charge in [0.2, 0.25) is 5.91 Å². The van der Waals surface area contributed by atoms with Gasteiger partial charge in [-0.3, -0.25) is 14.9 Å². The first-order valence-electron chi connectivity index (χ1n) is 8.18. The lowest BCUT2D eigenvalue weighted by Crippen LogP contribution is -2.12. The molecule has 0 bridgehead atoms. The van der Waals surface area contributed by atoms with Gasteiger partial charge in [-0.05, 0) is 19.1 Å². The third kappa shape index (κ3) is 4.71.